The number of aromatic nitrogens is 3. The zero-order chi connectivity index (χ0) is 13.2. The van der Waals surface area contributed by atoms with Gasteiger partial charge in [0.15, 0.2) is 0 Å². The molecule has 1 aromatic carbocycles. The minimum absolute atomic E-state index is 0.282. The Bertz CT molecular complexity index is 526. The molecule has 1 fully saturated rings. The van der Waals surface area contributed by atoms with Crippen LogP contribution in [-0.2, 0) is 6.54 Å². The van der Waals surface area contributed by atoms with Gasteiger partial charge in [-0.15, -0.1) is 0 Å². The van der Waals surface area contributed by atoms with Gasteiger partial charge in [-0.3, -0.25) is 4.90 Å². The summed E-state index contributed by atoms with van der Waals surface area (Å²) in [6.45, 7) is 5.01. The average Bonchev–Trinajstić information content (AvgIpc) is 2.99. The molecule has 0 bridgehead atoms. The lowest BCUT2D eigenvalue weighted by atomic mass is 10.1. The molecule has 3 rings (SSSR count). The maximum absolute atomic E-state index is 6.04. The first-order valence-electron chi connectivity index (χ1n) is 6.67. The predicted molar refractivity (Wildman–Crippen MR) is 73.8 cm³/mol. The van der Waals surface area contributed by atoms with Gasteiger partial charge in [-0.1, -0.05) is 25.1 Å². The van der Waals surface area contributed by atoms with Gasteiger partial charge in [-0.05, 0) is 18.1 Å². The molecule has 1 aromatic heterocycles. The highest BCUT2D eigenvalue weighted by Crippen LogP contribution is 2.16. The third-order valence-corrected chi connectivity index (χ3v) is 3.66. The number of rotatable bonds is 3. The largest absolute Gasteiger partial charge is 0.326 e. The fourth-order valence-electron chi connectivity index (χ4n) is 2.51. The van der Waals surface area contributed by atoms with Crippen molar-refractivity contribution in [3.05, 3.63) is 42.2 Å². The van der Waals surface area contributed by atoms with Gasteiger partial charge in [0.2, 0.25) is 0 Å². The average molecular weight is 257 g/mol. The van der Waals surface area contributed by atoms with Crippen molar-refractivity contribution in [3.63, 3.8) is 0 Å². The molecular formula is C14H19N5. The molecule has 0 amide bonds. The van der Waals surface area contributed by atoms with E-state index in [4.69, 9.17) is 5.73 Å². The van der Waals surface area contributed by atoms with Crippen molar-refractivity contribution < 1.29 is 0 Å². The lowest BCUT2D eigenvalue weighted by Gasteiger charge is -2.12. The zero-order valence-electron chi connectivity index (χ0n) is 11.1. The maximum atomic E-state index is 6.04. The lowest BCUT2D eigenvalue weighted by Crippen LogP contribution is -2.28. The van der Waals surface area contributed by atoms with Gasteiger partial charge in [0.25, 0.3) is 0 Å². The summed E-state index contributed by atoms with van der Waals surface area (Å²) in [5.74, 6) is 0.559. The SMILES string of the molecule is CC1CN(Cc2cnn(-c3ccccc3)n2)CC1N. The lowest BCUT2D eigenvalue weighted by molar-refractivity contribution is 0.314. The summed E-state index contributed by atoms with van der Waals surface area (Å²) in [6.07, 6.45) is 1.83. The Morgan fingerprint density at radius 3 is 2.74 bits per heavy atom. The van der Waals surface area contributed by atoms with Gasteiger partial charge in [0.05, 0.1) is 17.6 Å². The molecule has 2 N–H and O–H groups in total. The second-order valence-corrected chi connectivity index (χ2v) is 5.30. The summed E-state index contributed by atoms with van der Waals surface area (Å²) in [5.41, 5.74) is 8.01. The standard InChI is InChI=1S/C14H19N5/c1-11-8-18(10-14(11)15)9-12-7-16-19(17-12)13-5-3-2-4-6-13/h2-7,11,14H,8-10,15H2,1H3. The molecule has 19 heavy (non-hydrogen) atoms. The second-order valence-electron chi connectivity index (χ2n) is 5.30. The Morgan fingerprint density at radius 1 is 1.26 bits per heavy atom. The molecule has 1 saturated heterocycles. The molecule has 0 aliphatic carbocycles. The number of hydrogen-bond donors (Lipinski definition) is 1. The third kappa shape index (κ3) is 2.67. The first kappa shape index (κ1) is 12.3. The van der Waals surface area contributed by atoms with E-state index in [1.165, 1.54) is 0 Å². The highest BCUT2D eigenvalue weighted by molar-refractivity contribution is 5.28. The van der Waals surface area contributed by atoms with Crippen LogP contribution in [0, 0.1) is 5.92 Å². The van der Waals surface area contributed by atoms with E-state index in [1.807, 2.05) is 36.5 Å². The van der Waals surface area contributed by atoms with E-state index in [9.17, 15) is 0 Å². The molecule has 0 saturated carbocycles. The van der Waals surface area contributed by atoms with Gasteiger partial charge < -0.3 is 5.73 Å². The highest BCUT2D eigenvalue weighted by atomic mass is 15.5. The molecular weight excluding hydrogens is 238 g/mol. The summed E-state index contributed by atoms with van der Waals surface area (Å²) < 4.78 is 0. The van der Waals surface area contributed by atoms with Gasteiger partial charge >= 0.3 is 0 Å². The summed E-state index contributed by atoms with van der Waals surface area (Å²) >= 11 is 0. The van der Waals surface area contributed by atoms with Gasteiger partial charge in [-0.25, -0.2) is 0 Å². The minimum atomic E-state index is 0.282. The van der Waals surface area contributed by atoms with Crippen molar-refractivity contribution >= 4 is 0 Å². The van der Waals surface area contributed by atoms with Crippen molar-refractivity contribution in [1.29, 1.82) is 0 Å². The van der Waals surface area contributed by atoms with Crippen molar-refractivity contribution in [1.82, 2.24) is 19.9 Å². The van der Waals surface area contributed by atoms with Gasteiger partial charge in [-0.2, -0.15) is 15.0 Å². The van der Waals surface area contributed by atoms with Crippen LogP contribution in [-0.4, -0.2) is 39.0 Å². The Morgan fingerprint density at radius 2 is 2.05 bits per heavy atom. The monoisotopic (exact) mass is 257 g/mol. The van der Waals surface area contributed by atoms with E-state index < -0.39 is 0 Å². The molecule has 100 valence electrons. The highest BCUT2D eigenvalue weighted by Gasteiger charge is 2.26. The molecule has 1 aliphatic heterocycles. The van der Waals surface area contributed by atoms with Crippen LogP contribution in [0.2, 0.25) is 0 Å². The van der Waals surface area contributed by atoms with Crippen LogP contribution in [0.4, 0.5) is 0 Å². The van der Waals surface area contributed by atoms with Crippen molar-refractivity contribution in [3.8, 4) is 5.69 Å². The third-order valence-electron chi connectivity index (χ3n) is 3.66. The topological polar surface area (TPSA) is 60.0 Å². The number of nitrogens with two attached hydrogens (primary N) is 1. The van der Waals surface area contributed by atoms with Crippen LogP contribution in [0.3, 0.4) is 0 Å². The molecule has 2 heterocycles. The maximum Gasteiger partial charge on any atom is 0.0971 e. The Hall–Kier alpha value is -1.72. The molecule has 2 atom stereocenters. The zero-order valence-corrected chi connectivity index (χ0v) is 11.1. The summed E-state index contributed by atoms with van der Waals surface area (Å²) in [5, 5.41) is 8.83. The summed E-state index contributed by atoms with van der Waals surface area (Å²) in [6, 6.07) is 10.2. The van der Waals surface area contributed by atoms with Gasteiger partial charge in [0.1, 0.15) is 0 Å². The predicted octanol–water partition coefficient (Wildman–Crippen LogP) is 1.05. The fourth-order valence-corrected chi connectivity index (χ4v) is 2.51. The smallest absolute Gasteiger partial charge is 0.0971 e. The van der Waals surface area contributed by atoms with E-state index >= 15 is 0 Å². The summed E-state index contributed by atoms with van der Waals surface area (Å²) in [7, 11) is 0. The van der Waals surface area contributed by atoms with Crippen molar-refractivity contribution in [2.75, 3.05) is 13.1 Å². The van der Waals surface area contributed by atoms with E-state index in [-0.39, 0.29) is 6.04 Å². The van der Waals surface area contributed by atoms with E-state index in [1.54, 1.807) is 4.80 Å². The van der Waals surface area contributed by atoms with E-state index in [2.05, 4.69) is 22.0 Å². The number of benzene rings is 1. The Kier molecular flexibility index (Phi) is 3.31. The molecule has 5 heteroatoms. The van der Waals surface area contributed by atoms with Crippen LogP contribution in [0.25, 0.3) is 5.69 Å². The Labute approximate surface area is 113 Å². The molecule has 2 aromatic rings. The molecule has 0 spiro atoms. The van der Waals surface area contributed by atoms with E-state index in [0.29, 0.717) is 5.92 Å². The molecule has 1 aliphatic rings. The normalized spacial score (nSPS) is 23.9. The number of hydrogen-bond acceptors (Lipinski definition) is 4. The van der Waals surface area contributed by atoms with Crippen molar-refractivity contribution in [2.45, 2.75) is 19.5 Å². The van der Waals surface area contributed by atoms with E-state index in [0.717, 1.165) is 31.0 Å². The molecule has 0 radical (unpaired) electrons. The number of nitrogens with zero attached hydrogens (tertiary/aromatic N) is 4. The quantitative estimate of drug-likeness (QED) is 0.892. The second kappa shape index (κ2) is 5.11. The van der Waals surface area contributed by atoms with Gasteiger partial charge in [0, 0.05) is 25.7 Å². The van der Waals surface area contributed by atoms with Crippen LogP contribution < -0.4 is 5.73 Å². The molecule has 2 unspecified atom stereocenters. The fraction of sp³-hybridized carbons (Fsp3) is 0.429. The minimum Gasteiger partial charge on any atom is -0.326 e. The van der Waals surface area contributed by atoms with Crippen LogP contribution in [0.15, 0.2) is 36.5 Å². The van der Waals surface area contributed by atoms with Crippen molar-refractivity contribution in [2.24, 2.45) is 11.7 Å². The number of para-hydroxylation sites is 1. The van der Waals surface area contributed by atoms with Crippen LogP contribution in [0.1, 0.15) is 12.6 Å². The first-order chi connectivity index (χ1) is 9.22. The van der Waals surface area contributed by atoms with Crippen LogP contribution in [0.5, 0.6) is 0 Å². The number of likely N-dealkylation sites (tertiary alicyclic amines) is 1. The Balaban J connectivity index is 1.69. The van der Waals surface area contributed by atoms with Crippen LogP contribution >= 0.6 is 0 Å². The first-order valence-corrected chi connectivity index (χ1v) is 6.67. The molecule has 5 nitrogen and oxygen atoms in total. The summed E-state index contributed by atoms with van der Waals surface area (Å²) in [4.78, 5) is 4.02.